The molecule has 1 N–H and O–H groups in total. The lowest BCUT2D eigenvalue weighted by Gasteiger charge is -2.22. The molecule has 5 nitrogen and oxygen atoms in total. The largest absolute Gasteiger partial charge is 0.444 e. The van der Waals surface area contributed by atoms with Crippen LogP contribution in [-0.2, 0) is 4.74 Å². The molecule has 1 atom stereocenters. The predicted octanol–water partition coefficient (Wildman–Crippen LogP) is 2.50. The van der Waals surface area contributed by atoms with Crippen LogP contribution in [0.4, 0.5) is 0 Å². The maximum absolute atomic E-state index is 12.2. The van der Waals surface area contributed by atoms with E-state index in [1.54, 1.807) is 12.3 Å². The van der Waals surface area contributed by atoms with E-state index < -0.39 is 0 Å². The summed E-state index contributed by atoms with van der Waals surface area (Å²) in [5.74, 6) is 1.01. The number of carbonyl (C=O) groups excluding carboxylic acids is 1. The van der Waals surface area contributed by atoms with Crippen molar-refractivity contribution in [1.29, 1.82) is 0 Å². The van der Waals surface area contributed by atoms with E-state index in [1.165, 1.54) is 6.39 Å². The lowest BCUT2D eigenvalue weighted by molar-refractivity contribution is 0.0536. The molecule has 2 heterocycles. The molecule has 0 aliphatic carbocycles. The molecule has 21 heavy (non-hydrogen) atoms. The van der Waals surface area contributed by atoms with Gasteiger partial charge in [0.15, 0.2) is 12.2 Å². The normalized spacial score (nSPS) is 18.4. The highest BCUT2D eigenvalue weighted by Gasteiger charge is 2.15. The summed E-state index contributed by atoms with van der Waals surface area (Å²) in [5.41, 5.74) is 1.47. The van der Waals surface area contributed by atoms with Crippen LogP contribution in [-0.4, -0.2) is 30.6 Å². The van der Waals surface area contributed by atoms with Crippen LogP contribution in [0.5, 0.6) is 0 Å². The zero-order chi connectivity index (χ0) is 14.5. The molecule has 0 spiro atoms. The summed E-state index contributed by atoms with van der Waals surface area (Å²) in [5, 5.41) is 2.98. The van der Waals surface area contributed by atoms with Gasteiger partial charge in [-0.1, -0.05) is 12.1 Å². The molecule has 1 amide bonds. The van der Waals surface area contributed by atoms with Crippen LogP contribution in [0, 0.1) is 5.92 Å². The molecular formula is C16H18N2O3. The summed E-state index contributed by atoms with van der Waals surface area (Å²) in [4.78, 5) is 16.1. The molecule has 1 aromatic heterocycles. The molecule has 3 rings (SSSR count). The van der Waals surface area contributed by atoms with Crippen molar-refractivity contribution in [2.45, 2.75) is 12.8 Å². The van der Waals surface area contributed by atoms with E-state index in [0.29, 0.717) is 23.8 Å². The van der Waals surface area contributed by atoms with Gasteiger partial charge >= 0.3 is 0 Å². The van der Waals surface area contributed by atoms with Crippen LogP contribution in [0.25, 0.3) is 11.3 Å². The van der Waals surface area contributed by atoms with E-state index in [2.05, 4.69) is 10.3 Å². The van der Waals surface area contributed by atoms with Crippen LogP contribution in [0.3, 0.4) is 0 Å². The molecule has 2 aromatic rings. The third-order valence-electron chi connectivity index (χ3n) is 3.65. The molecule has 0 radical (unpaired) electrons. The molecule has 1 saturated heterocycles. The minimum Gasteiger partial charge on any atom is -0.444 e. The molecular weight excluding hydrogens is 268 g/mol. The van der Waals surface area contributed by atoms with Gasteiger partial charge in [-0.15, -0.1) is 0 Å². The maximum Gasteiger partial charge on any atom is 0.251 e. The van der Waals surface area contributed by atoms with Crippen molar-refractivity contribution in [3.63, 3.8) is 0 Å². The van der Waals surface area contributed by atoms with Crippen molar-refractivity contribution in [2.24, 2.45) is 5.92 Å². The first-order valence-electron chi connectivity index (χ1n) is 7.18. The van der Waals surface area contributed by atoms with E-state index in [-0.39, 0.29) is 5.91 Å². The van der Waals surface area contributed by atoms with Crippen molar-refractivity contribution in [3.8, 4) is 11.3 Å². The minimum absolute atomic E-state index is 0.0676. The summed E-state index contributed by atoms with van der Waals surface area (Å²) in [7, 11) is 0. The number of benzene rings is 1. The van der Waals surface area contributed by atoms with Gasteiger partial charge in [0.2, 0.25) is 0 Å². The van der Waals surface area contributed by atoms with E-state index in [4.69, 9.17) is 9.15 Å². The predicted molar refractivity (Wildman–Crippen MR) is 77.8 cm³/mol. The van der Waals surface area contributed by atoms with Gasteiger partial charge in [-0.05, 0) is 30.9 Å². The van der Waals surface area contributed by atoms with E-state index in [1.807, 2.05) is 18.2 Å². The summed E-state index contributed by atoms with van der Waals surface area (Å²) >= 11 is 0. The van der Waals surface area contributed by atoms with Gasteiger partial charge in [0, 0.05) is 24.3 Å². The highest BCUT2D eigenvalue weighted by Crippen LogP contribution is 2.19. The number of aromatic nitrogens is 1. The Morgan fingerprint density at radius 1 is 1.43 bits per heavy atom. The number of hydrogen-bond donors (Lipinski definition) is 1. The van der Waals surface area contributed by atoms with Crippen LogP contribution < -0.4 is 5.32 Å². The van der Waals surface area contributed by atoms with Crippen molar-refractivity contribution < 1.29 is 13.9 Å². The maximum atomic E-state index is 12.2. The van der Waals surface area contributed by atoms with Crippen LogP contribution >= 0.6 is 0 Å². The number of nitrogens with zero attached hydrogens (tertiary/aromatic N) is 1. The highest BCUT2D eigenvalue weighted by atomic mass is 16.5. The SMILES string of the molecule is O=C(NCC1CCCOC1)c1cccc(-c2cnco2)c1. The fraction of sp³-hybridized carbons (Fsp3) is 0.375. The van der Waals surface area contributed by atoms with E-state index in [0.717, 1.165) is 31.6 Å². The number of rotatable bonds is 4. The third-order valence-corrected chi connectivity index (χ3v) is 3.65. The summed E-state index contributed by atoms with van der Waals surface area (Å²) in [6, 6.07) is 7.35. The molecule has 0 saturated carbocycles. The Morgan fingerprint density at radius 3 is 3.14 bits per heavy atom. The van der Waals surface area contributed by atoms with Gasteiger partial charge in [0.25, 0.3) is 5.91 Å². The van der Waals surface area contributed by atoms with Gasteiger partial charge < -0.3 is 14.5 Å². The number of nitrogens with one attached hydrogen (secondary N) is 1. The number of amides is 1. The Kier molecular flexibility index (Phi) is 4.31. The minimum atomic E-state index is -0.0676. The molecule has 1 aliphatic rings. The quantitative estimate of drug-likeness (QED) is 0.938. The van der Waals surface area contributed by atoms with Gasteiger partial charge in [-0.2, -0.15) is 0 Å². The van der Waals surface area contributed by atoms with Crippen molar-refractivity contribution in [3.05, 3.63) is 42.4 Å². The molecule has 1 fully saturated rings. The Morgan fingerprint density at radius 2 is 2.38 bits per heavy atom. The Balaban J connectivity index is 1.63. The average molecular weight is 286 g/mol. The second-order valence-electron chi connectivity index (χ2n) is 5.24. The Bertz CT molecular complexity index is 589. The smallest absolute Gasteiger partial charge is 0.251 e. The topological polar surface area (TPSA) is 64.4 Å². The van der Waals surface area contributed by atoms with E-state index in [9.17, 15) is 4.79 Å². The number of carbonyl (C=O) groups is 1. The zero-order valence-corrected chi connectivity index (χ0v) is 11.7. The molecule has 0 bridgehead atoms. The first-order chi connectivity index (χ1) is 10.3. The third kappa shape index (κ3) is 3.49. The van der Waals surface area contributed by atoms with Gasteiger partial charge in [0.1, 0.15) is 0 Å². The zero-order valence-electron chi connectivity index (χ0n) is 11.7. The monoisotopic (exact) mass is 286 g/mol. The molecule has 1 aliphatic heterocycles. The lowest BCUT2D eigenvalue weighted by Crippen LogP contribution is -2.33. The average Bonchev–Trinajstić information content (AvgIpc) is 3.08. The highest BCUT2D eigenvalue weighted by molar-refractivity contribution is 5.95. The second-order valence-corrected chi connectivity index (χ2v) is 5.24. The molecule has 110 valence electrons. The van der Waals surface area contributed by atoms with Gasteiger partial charge in [0.05, 0.1) is 12.8 Å². The van der Waals surface area contributed by atoms with Gasteiger partial charge in [-0.3, -0.25) is 4.79 Å². The van der Waals surface area contributed by atoms with Crippen molar-refractivity contribution in [1.82, 2.24) is 10.3 Å². The van der Waals surface area contributed by atoms with Crippen LogP contribution in [0.15, 0.2) is 41.3 Å². The molecule has 1 aromatic carbocycles. The standard InChI is InChI=1S/C16H18N2O3/c19-16(18-8-12-3-2-6-20-10-12)14-5-1-4-13(7-14)15-9-17-11-21-15/h1,4-5,7,9,11-12H,2-3,6,8,10H2,(H,18,19). The summed E-state index contributed by atoms with van der Waals surface area (Å²) in [6.45, 7) is 2.23. The Labute approximate surface area is 123 Å². The molecule has 5 heteroatoms. The fourth-order valence-corrected chi connectivity index (χ4v) is 2.48. The summed E-state index contributed by atoms with van der Waals surface area (Å²) in [6.07, 6.45) is 5.20. The first kappa shape index (κ1) is 13.8. The summed E-state index contributed by atoms with van der Waals surface area (Å²) < 4.78 is 10.7. The van der Waals surface area contributed by atoms with E-state index >= 15 is 0 Å². The van der Waals surface area contributed by atoms with Crippen LogP contribution in [0.2, 0.25) is 0 Å². The number of oxazole rings is 1. The fourth-order valence-electron chi connectivity index (χ4n) is 2.48. The Hall–Kier alpha value is -2.14. The first-order valence-corrected chi connectivity index (χ1v) is 7.18. The van der Waals surface area contributed by atoms with Crippen LogP contribution in [0.1, 0.15) is 23.2 Å². The second kappa shape index (κ2) is 6.54. The lowest BCUT2D eigenvalue weighted by atomic mass is 10.0. The number of ether oxygens (including phenoxy) is 1. The van der Waals surface area contributed by atoms with Crippen molar-refractivity contribution >= 4 is 5.91 Å². The van der Waals surface area contributed by atoms with Crippen molar-refractivity contribution in [2.75, 3.05) is 19.8 Å². The van der Waals surface area contributed by atoms with Gasteiger partial charge in [-0.25, -0.2) is 4.98 Å². The number of hydrogen-bond acceptors (Lipinski definition) is 4. The molecule has 1 unspecified atom stereocenters.